The maximum atomic E-state index is 12.4. The molecule has 2 atom stereocenters. The molecule has 0 saturated carbocycles. The van der Waals surface area contributed by atoms with Crippen molar-refractivity contribution in [3.8, 4) is 17.1 Å². The number of halogens is 1. The summed E-state index contributed by atoms with van der Waals surface area (Å²) in [6, 6.07) is 3.00. The van der Waals surface area contributed by atoms with Gasteiger partial charge in [0.25, 0.3) is 0 Å². The van der Waals surface area contributed by atoms with E-state index in [0.29, 0.717) is 29.2 Å². The normalized spacial score (nSPS) is 12.9. The van der Waals surface area contributed by atoms with E-state index in [1.54, 1.807) is 26.0 Å². The van der Waals surface area contributed by atoms with Crippen LogP contribution in [0.2, 0.25) is 5.02 Å². The van der Waals surface area contributed by atoms with Crippen molar-refractivity contribution in [1.82, 2.24) is 10.3 Å². The second-order valence-electron chi connectivity index (χ2n) is 5.85. The van der Waals surface area contributed by atoms with Gasteiger partial charge in [-0.15, -0.1) is 0 Å². The number of amides is 2. The number of nitrogens with one attached hydrogen (secondary N) is 2. The van der Waals surface area contributed by atoms with Gasteiger partial charge in [-0.3, -0.25) is 4.79 Å². The first-order valence-corrected chi connectivity index (χ1v) is 8.27. The zero-order chi connectivity index (χ0) is 19.3. The molecule has 3 N–H and O–H groups in total. The highest BCUT2D eigenvalue weighted by atomic mass is 35.5. The van der Waals surface area contributed by atoms with Crippen LogP contribution < -0.4 is 15.4 Å². The van der Waals surface area contributed by atoms with Crippen molar-refractivity contribution in [2.45, 2.75) is 26.3 Å². The van der Waals surface area contributed by atoms with Crippen molar-refractivity contribution in [3.63, 3.8) is 0 Å². The largest absolute Gasteiger partial charge is 0.494 e. The summed E-state index contributed by atoms with van der Waals surface area (Å²) in [5.41, 5.74) is 1.00. The number of carbonyl (C=O) groups is 2. The van der Waals surface area contributed by atoms with E-state index in [4.69, 9.17) is 25.9 Å². The molecular weight excluding hydrogens is 362 g/mol. The van der Waals surface area contributed by atoms with Crippen LogP contribution in [-0.2, 0) is 4.79 Å². The number of carbonyl (C=O) groups excluding carboxylic acids is 1. The average molecular weight is 382 g/mol. The lowest BCUT2D eigenvalue weighted by Gasteiger charge is -2.18. The van der Waals surface area contributed by atoms with Gasteiger partial charge in [-0.2, -0.15) is 0 Å². The Labute approximate surface area is 155 Å². The topological polar surface area (TPSA) is 114 Å². The lowest BCUT2D eigenvalue weighted by atomic mass is 10.0. The molecule has 8 nitrogen and oxygen atoms in total. The van der Waals surface area contributed by atoms with Gasteiger partial charge in [0.1, 0.15) is 5.02 Å². The predicted molar refractivity (Wildman–Crippen MR) is 96.5 cm³/mol. The third kappa shape index (κ3) is 4.66. The average Bonchev–Trinajstić information content (AvgIpc) is 3.09. The van der Waals surface area contributed by atoms with Crippen LogP contribution in [0.3, 0.4) is 0 Å². The molecule has 2 unspecified atom stereocenters. The van der Waals surface area contributed by atoms with Crippen molar-refractivity contribution in [2.75, 3.05) is 12.4 Å². The van der Waals surface area contributed by atoms with Gasteiger partial charge in [-0.25, -0.2) is 9.78 Å². The maximum absolute atomic E-state index is 12.4. The highest BCUT2D eigenvalue weighted by Crippen LogP contribution is 2.40. The quantitative estimate of drug-likeness (QED) is 0.674. The number of nitrogens with zero attached hydrogens (tertiary/aromatic N) is 1. The van der Waals surface area contributed by atoms with Crippen LogP contribution >= 0.6 is 11.6 Å². The minimum absolute atomic E-state index is 0.235. The second-order valence-corrected chi connectivity index (χ2v) is 6.23. The summed E-state index contributed by atoms with van der Waals surface area (Å²) in [5, 5.41) is 14.0. The summed E-state index contributed by atoms with van der Waals surface area (Å²) in [6.07, 6.45) is 2.06. The van der Waals surface area contributed by atoms with E-state index in [-0.39, 0.29) is 17.0 Å². The number of oxazole rings is 1. The molecule has 26 heavy (non-hydrogen) atoms. The Morgan fingerprint density at radius 2 is 2.12 bits per heavy atom. The van der Waals surface area contributed by atoms with Crippen molar-refractivity contribution in [2.24, 2.45) is 5.92 Å². The van der Waals surface area contributed by atoms with Gasteiger partial charge in [-0.1, -0.05) is 18.5 Å². The number of anilines is 1. The molecule has 0 radical (unpaired) electrons. The Morgan fingerprint density at radius 1 is 1.38 bits per heavy atom. The van der Waals surface area contributed by atoms with E-state index in [2.05, 4.69) is 15.6 Å². The Balaban J connectivity index is 2.14. The third-order valence-corrected chi connectivity index (χ3v) is 4.16. The minimum Gasteiger partial charge on any atom is -0.494 e. The van der Waals surface area contributed by atoms with Crippen molar-refractivity contribution in [1.29, 1.82) is 0 Å². The highest BCUT2D eigenvalue weighted by molar-refractivity contribution is 6.35. The number of hydrogen-bond donors (Lipinski definition) is 3. The number of rotatable bonds is 7. The fraction of sp³-hybridized carbons (Fsp3) is 0.353. The molecule has 0 aliphatic heterocycles. The number of carboxylic acid groups (broad SMARTS) is 1. The van der Waals surface area contributed by atoms with Crippen molar-refractivity contribution < 1.29 is 23.8 Å². The SMILES string of the molecule is COc1c(-c2cnco2)ccc(NC(=O)C(C)CC(C)NC(=O)O)c1Cl. The maximum Gasteiger partial charge on any atom is 0.404 e. The molecule has 2 aromatic rings. The van der Waals surface area contributed by atoms with Crippen molar-refractivity contribution >= 4 is 29.3 Å². The van der Waals surface area contributed by atoms with E-state index in [1.807, 2.05) is 0 Å². The fourth-order valence-corrected chi connectivity index (χ4v) is 2.85. The second kappa shape index (κ2) is 8.57. The number of ether oxygens (including phenoxy) is 1. The van der Waals surface area contributed by atoms with Crippen molar-refractivity contribution in [3.05, 3.63) is 29.7 Å². The van der Waals surface area contributed by atoms with Crippen LogP contribution in [0.1, 0.15) is 20.3 Å². The van der Waals surface area contributed by atoms with E-state index >= 15 is 0 Å². The van der Waals surface area contributed by atoms with E-state index in [9.17, 15) is 9.59 Å². The van der Waals surface area contributed by atoms with Gasteiger partial charge in [0.15, 0.2) is 17.9 Å². The molecule has 1 heterocycles. The first kappa shape index (κ1) is 19.6. The molecule has 0 aliphatic carbocycles. The summed E-state index contributed by atoms with van der Waals surface area (Å²) in [4.78, 5) is 26.9. The monoisotopic (exact) mass is 381 g/mol. The molecule has 0 saturated heterocycles. The summed E-state index contributed by atoms with van der Waals surface area (Å²) >= 11 is 6.36. The zero-order valence-corrected chi connectivity index (χ0v) is 15.3. The lowest BCUT2D eigenvalue weighted by Crippen LogP contribution is -2.34. The molecule has 0 bridgehead atoms. The van der Waals surface area contributed by atoms with Gasteiger partial charge in [-0.05, 0) is 25.5 Å². The van der Waals surface area contributed by atoms with Gasteiger partial charge < -0.3 is 24.9 Å². The molecule has 2 rings (SSSR count). The Bertz CT molecular complexity index is 779. The number of methoxy groups -OCH3 is 1. The lowest BCUT2D eigenvalue weighted by molar-refractivity contribution is -0.119. The fourth-order valence-electron chi connectivity index (χ4n) is 2.56. The van der Waals surface area contributed by atoms with Gasteiger partial charge in [0.2, 0.25) is 5.91 Å². The summed E-state index contributed by atoms with van der Waals surface area (Å²) in [7, 11) is 1.47. The zero-order valence-electron chi connectivity index (χ0n) is 14.6. The van der Waals surface area contributed by atoms with E-state index in [0.717, 1.165) is 0 Å². The molecule has 0 aliphatic rings. The smallest absolute Gasteiger partial charge is 0.404 e. The van der Waals surface area contributed by atoms with Gasteiger partial charge >= 0.3 is 6.09 Å². The van der Waals surface area contributed by atoms with E-state index in [1.165, 1.54) is 19.7 Å². The van der Waals surface area contributed by atoms with E-state index < -0.39 is 12.0 Å². The molecule has 140 valence electrons. The van der Waals surface area contributed by atoms with Gasteiger partial charge in [0, 0.05) is 12.0 Å². The molecular formula is C17H20ClN3O5. The first-order chi connectivity index (χ1) is 12.3. The standard InChI is InChI=1S/C17H20ClN3O5/c1-9(6-10(2)20-17(23)24)16(22)21-12-5-4-11(13-7-19-8-26-13)15(25-3)14(12)18/h4-5,7-10,20H,6H2,1-3H3,(H,21,22)(H,23,24). The van der Waals surface area contributed by atoms with Crippen LogP contribution in [0.25, 0.3) is 11.3 Å². The summed E-state index contributed by atoms with van der Waals surface area (Å²) in [6.45, 7) is 3.41. The highest BCUT2D eigenvalue weighted by Gasteiger charge is 2.21. The Hall–Kier alpha value is -2.74. The molecule has 0 spiro atoms. The summed E-state index contributed by atoms with van der Waals surface area (Å²) < 4.78 is 10.6. The molecule has 9 heteroatoms. The number of benzene rings is 1. The number of hydrogen-bond acceptors (Lipinski definition) is 5. The van der Waals surface area contributed by atoms with Crippen LogP contribution in [0.5, 0.6) is 5.75 Å². The Morgan fingerprint density at radius 3 is 2.69 bits per heavy atom. The van der Waals surface area contributed by atoms with Crippen LogP contribution in [0.15, 0.2) is 29.1 Å². The van der Waals surface area contributed by atoms with Gasteiger partial charge in [0.05, 0.1) is 24.6 Å². The molecule has 2 amide bonds. The number of aromatic nitrogens is 1. The van der Waals surface area contributed by atoms with Crippen LogP contribution in [0, 0.1) is 5.92 Å². The third-order valence-electron chi connectivity index (χ3n) is 3.78. The summed E-state index contributed by atoms with van der Waals surface area (Å²) in [5.74, 6) is 0.145. The van der Waals surface area contributed by atoms with Crippen LogP contribution in [-0.4, -0.2) is 35.2 Å². The Kier molecular flexibility index (Phi) is 6.46. The first-order valence-electron chi connectivity index (χ1n) is 7.89. The minimum atomic E-state index is -1.12. The molecule has 1 aromatic heterocycles. The predicted octanol–water partition coefficient (Wildman–Crippen LogP) is 3.62. The van der Waals surface area contributed by atoms with Crippen LogP contribution in [0.4, 0.5) is 10.5 Å². The molecule has 1 aromatic carbocycles. The molecule has 0 fully saturated rings.